The number of amides is 2. The SMILES string of the molecule is Cc1nn(C)cc1C(C(=O)NC1CCCCC1)N(C(=O)Cn1nnc2ccccc21)c1ccc(S(=O)(=O)N(C)C)cc1. The maximum Gasteiger partial charge on any atom is 0.249 e. The number of carbonyl (C=O) groups is 2. The van der Waals surface area contributed by atoms with Crippen molar-refractivity contribution in [2.24, 2.45) is 7.05 Å². The van der Waals surface area contributed by atoms with Crippen LogP contribution in [0.15, 0.2) is 59.6 Å². The van der Waals surface area contributed by atoms with Gasteiger partial charge in [-0.25, -0.2) is 17.4 Å². The molecule has 2 amide bonds. The van der Waals surface area contributed by atoms with Gasteiger partial charge >= 0.3 is 0 Å². The summed E-state index contributed by atoms with van der Waals surface area (Å²) in [5.74, 6) is -0.735. The number of nitrogens with one attached hydrogen (secondary N) is 1. The number of carbonyl (C=O) groups excluding carboxylic acids is 2. The van der Waals surface area contributed by atoms with Gasteiger partial charge in [0.15, 0.2) is 0 Å². The number of hydrogen-bond donors (Lipinski definition) is 1. The van der Waals surface area contributed by atoms with Crippen molar-refractivity contribution in [3.05, 3.63) is 66.0 Å². The summed E-state index contributed by atoms with van der Waals surface area (Å²) in [6.45, 7) is 1.61. The van der Waals surface area contributed by atoms with Crippen molar-refractivity contribution in [2.75, 3.05) is 19.0 Å². The third-order valence-electron chi connectivity index (χ3n) is 7.67. The summed E-state index contributed by atoms with van der Waals surface area (Å²) in [6, 6.07) is 12.3. The average Bonchev–Trinajstić information content (AvgIpc) is 3.53. The number of rotatable bonds is 9. The summed E-state index contributed by atoms with van der Waals surface area (Å²) in [6.07, 6.45) is 6.70. The zero-order chi connectivity index (χ0) is 30.0. The Bertz CT molecular complexity index is 1690. The van der Waals surface area contributed by atoms with Crippen molar-refractivity contribution in [1.29, 1.82) is 0 Å². The lowest BCUT2D eigenvalue weighted by atomic mass is 9.94. The predicted octanol–water partition coefficient (Wildman–Crippen LogP) is 2.95. The predicted molar refractivity (Wildman–Crippen MR) is 158 cm³/mol. The maximum absolute atomic E-state index is 14.3. The number of sulfonamides is 1. The van der Waals surface area contributed by atoms with E-state index in [1.54, 1.807) is 37.0 Å². The Morgan fingerprint density at radius 1 is 1.05 bits per heavy atom. The van der Waals surface area contributed by atoms with E-state index in [-0.39, 0.29) is 23.4 Å². The third kappa shape index (κ3) is 5.93. The van der Waals surface area contributed by atoms with Crippen molar-refractivity contribution in [3.8, 4) is 0 Å². The van der Waals surface area contributed by atoms with Crippen molar-refractivity contribution in [1.82, 2.24) is 34.4 Å². The number of aromatic nitrogens is 5. The van der Waals surface area contributed by atoms with Gasteiger partial charge in [-0.1, -0.05) is 36.6 Å². The molecule has 2 aromatic carbocycles. The Labute approximate surface area is 245 Å². The quantitative estimate of drug-likeness (QED) is 0.316. The summed E-state index contributed by atoms with van der Waals surface area (Å²) >= 11 is 0. The van der Waals surface area contributed by atoms with Crippen LogP contribution in [0.2, 0.25) is 0 Å². The molecule has 0 saturated heterocycles. The second kappa shape index (κ2) is 12.0. The van der Waals surface area contributed by atoms with Crippen LogP contribution in [0.3, 0.4) is 0 Å². The fourth-order valence-electron chi connectivity index (χ4n) is 5.48. The van der Waals surface area contributed by atoms with Gasteiger partial charge in [-0.05, 0) is 56.2 Å². The summed E-state index contributed by atoms with van der Waals surface area (Å²) in [4.78, 5) is 29.9. The molecule has 12 nitrogen and oxygen atoms in total. The number of hydrogen-bond acceptors (Lipinski definition) is 7. The Kier molecular flexibility index (Phi) is 8.41. The van der Waals surface area contributed by atoms with Crippen molar-refractivity contribution >= 4 is 38.6 Å². The molecule has 1 aliphatic rings. The van der Waals surface area contributed by atoms with Gasteiger partial charge in [0.25, 0.3) is 0 Å². The second-order valence-electron chi connectivity index (χ2n) is 10.9. The molecule has 5 rings (SSSR count). The number of para-hydroxylation sites is 1. The van der Waals surface area contributed by atoms with Gasteiger partial charge in [-0.15, -0.1) is 5.10 Å². The van der Waals surface area contributed by atoms with Gasteiger partial charge in [0.2, 0.25) is 21.8 Å². The van der Waals surface area contributed by atoms with Gasteiger partial charge in [0, 0.05) is 44.6 Å². The minimum Gasteiger partial charge on any atom is -0.351 e. The van der Waals surface area contributed by atoms with Crippen LogP contribution in [0.5, 0.6) is 0 Å². The van der Waals surface area contributed by atoms with Crippen LogP contribution in [0.4, 0.5) is 5.69 Å². The molecule has 42 heavy (non-hydrogen) atoms. The van der Waals surface area contributed by atoms with Gasteiger partial charge in [-0.2, -0.15) is 5.10 Å². The first-order valence-electron chi connectivity index (χ1n) is 14.0. The molecule has 1 unspecified atom stereocenters. The summed E-state index contributed by atoms with van der Waals surface area (Å²) in [5, 5.41) is 16.0. The number of anilines is 1. The Morgan fingerprint density at radius 2 is 1.74 bits per heavy atom. The summed E-state index contributed by atoms with van der Waals surface area (Å²) in [7, 11) is 0.977. The molecule has 0 aliphatic heterocycles. The lowest BCUT2D eigenvalue weighted by Crippen LogP contribution is -2.48. The molecule has 1 aliphatic carbocycles. The maximum atomic E-state index is 14.3. The molecule has 0 bridgehead atoms. The highest BCUT2D eigenvalue weighted by Gasteiger charge is 2.36. The Balaban J connectivity index is 1.60. The Morgan fingerprint density at radius 3 is 2.38 bits per heavy atom. The van der Waals surface area contributed by atoms with E-state index in [2.05, 4.69) is 20.7 Å². The zero-order valence-electron chi connectivity index (χ0n) is 24.3. The topological polar surface area (TPSA) is 135 Å². The largest absolute Gasteiger partial charge is 0.351 e. The minimum absolute atomic E-state index is 0.00884. The first-order chi connectivity index (χ1) is 20.1. The van der Waals surface area contributed by atoms with Crippen LogP contribution in [-0.4, -0.2) is 69.4 Å². The molecule has 2 heterocycles. The van der Waals surface area contributed by atoms with E-state index in [1.165, 1.54) is 35.8 Å². The summed E-state index contributed by atoms with van der Waals surface area (Å²) < 4.78 is 29.8. The van der Waals surface area contributed by atoms with E-state index in [9.17, 15) is 18.0 Å². The molecule has 4 aromatic rings. The minimum atomic E-state index is -3.70. The van der Waals surface area contributed by atoms with Crippen molar-refractivity contribution in [3.63, 3.8) is 0 Å². The number of benzene rings is 2. The summed E-state index contributed by atoms with van der Waals surface area (Å²) in [5.41, 5.74) is 2.88. The van der Waals surface area contributed by atoms with E-state index in [0.717, 1.165) is 36.4 Å². The van der Waals surface area contributed by atoms with Crippen LogP contribution in [0, 0.1) is 6.92 Å². The van der Waals surface area contributed by atoms with E-state index in [0.29, 0.717) is 28.0 Å². The molecule has 0 radical (unpaired) electrons. The lowest BCUT2D eigenvalue weighted by molar-refractivity contribution is -0.127. The van der Waals surface area contributed by atoms with Gasteiger partial charge in [0.1, 0.15) is 18.1 Å². The molecule has 1 saturated carbocycles. The highest BCUT2D eigenvalue weighted by molar-refractivity contribution is 7.89. The number of aryl methyl sites for hydroxylation is 2. The fourth-order valence-corrected chi connectivity index (χ4v) is 6.38. The van der Waals surface area contributed by atoms with Crippen LogP contribution >= 0.6 is 0 Å². The van der Waals surface area contributed by atoms with E-state index >= 15 is 0 Å². The zero-order valence-corrected chi connectivity index (χ0v) is 25.1. The molecule has 1 atom stereocenters. The van der Waals surface area contributed by atoms with Crippen LogP contribution < -0.4 is 10.2 Å². The van der Waals surface area contributed by atoms with Gasteiger partial charge in [-0.3, -0.25) is 19.2 Å². The molecule has 1 N–H and O–H groups in total. The molecule has 2 aromatic heterocycles. The van der Waals surface area contributed by atoms with Crippen LogP contribution in [0.1, 0.15) is 49.4 Å². The fraction of sp³-hybridized carbons (Fsp3) is 0.414. The van der Waals surface area contributed by atoms with Crippen LogP contribution in [-0.2, 0) is 33.2 Å². The van der Waals surface area contributed by atoms with Gasteiger partial charge < -0.3 is 5.32 Å². The lowest BCUT2D eigenvalue weighted by Gasteiger charge is -2.33. The molecular formula is C29H36N8O4S. The molecule has 0 spiro atoms. The van der Waals surface area contributed by atoms with Crippen molar-refractivity contribution < 1.29 is 18.0 Å². The van der Waals surface area contributed by atoms with E-state index < -0.39 is 22.0 Å². The first kappa shape index (κ1) is 29.4. The Hall–Kier alpha value is -4.10. The highest BCUT2D eigenvalue weighted by Crippen LogP contribution is 2.32. The second-order valence-corrected chi connectivity index (χ2v) is 13.0. The standard InChI is InChI=1S/C29H36N8O4S/c1-20-24(18-35(4)32-20)28(29(39)30-21-10-6-5-7-11-21)37(22-14-16-23(17-15-22)42(40,41)34(2)3)27(38)19-36-26-13-9-8-12-25(26)31-33-36/h8-9,12-18,21,28H,5-7,10-11,19H2,1-4H3,(H,30,39). The molecule has 1 fully saturated rings. The normalized spacial score (nSPS) is 15.2. The third-order valence-corrected chi connectivity index (χ3v) is 9.50. The first-order valence-corrected chi connectivity index (χ1v) is 15.4. The molecule has 222 valence electrons. The van der Waals surface area contributed by atoms with Crippen LogP contribution in [0.25, 0.3) is 11.0 Å². The highest BCUT2D eigenvalue weighted by atomic mass is 32.2. The van der Waals surface area contributed by atoms with E-state index in [4.69, 9.17) is 0 Å². The number of nitrogens with zero attached hydrogens (tertiary/aromatic N) is 7. The monoisotopic (exact) mass is 592 g/mol. The number of fused-ring (bicyclic) bond motifs is 1. The van der Waals surface area contributed by atoms with E-state index in [1.807, 2.05) is 24.3 Å². The smallest absolute Gasteiger partial charge is 0.249 e. The molecular weight excluding hydrogens is 556 g/mol. The average molecular weight is 593 g/mol. The van der Waals surface area contributed by atoms with Crippen molar-refractivity contribution in [2.45, 2.75) is 62.6 Å². The molecule has 13 heteroatoms. The van der Waals surface area contributed by atoms with Gasteiger partial charge in [0.05, 0.1) is 16.1 Å².